The van der Waals surface area contributed by atoms with Crippen LogP contribution in [0.3, 0.4) is 0 Å². The number of carboxylic acids is 1. The number of benzene rings is 1. The van der Waals surface area contributed by atoms with Crippen LogP contribution in [-0.2, 0) is 20.5 Å². The number of nitrogens with zero attached hydrogens (tertiary/aromatic N) is 1. The van der Waals surface area contributed by atoms with Gasteiger partial charge in [-0.25, -0.2) is 4.79 Å². The van der Waals surface area contributed by atoms with E-state index in [1.165, 1.54) is 6.07 Å². The van der Waals surface area contributed by atoms with Gasteiger partial charge in [-0.15, -0.1) is 0 Å². The number of carboxylic acid groups (broad SMARTS) is 1. The molecule has 6 nitrogen and oxygen atoms in total. The third kappa shape index (κ3) is 4.52. The van der Waals surface area contributed by atoms with Crippen molar-refractivity contribution in [2.75, 3.05) is 23.3 Å². The zero-order valence-corrected chi connectivity index (χ0v) is 14.6. The van der Waals surface area contributed by atoms with Crippen molar-refractivity contribution in [1.82, 2.24) is 0 Å². The number of ether oxygens (including phenoxy) is 1. The Kier molecular flexibility index (Phi) is 5.59. The molecule has 3 rings (SSSR count). The summed E-state index contributed by atoms with van der Waals surface area (Å²) in [5, 5.41) is 11.5. The number of halogens is 3. The lowest BCUT2D eigenvalue weighted by Gasteiger charge is -2.31. The van der Waals surface area contributed by atoms with Crippen molar-refractivity contribution in [3.05, 3.63) is 23.8 Å². The highest BCUT2D eigenvalue weighted by atomic mass is 19.4. The molecule has 0 aromatic heterocycles. The Hall–Kier alpha value is -2.29. The smallest absolute Gasteiger partial charge is 0.416 e. The summed E-state index contributed by atoms with van der Waals surface area (Å²) in [5.41, 5.74) is -0.253. The summed E-state index contributed by atoms with van der Waals surface area (Å²) in [5.74, 6) is -1.78. The van der Waals surface area contributed by atoms with Crippen LogP contribution in [0.5, 0.6) is 0 Å². The number of aliphatic carboxylic acids is 1. The minimum absolute atomic E-state index is 0.0686. The molecule has 2 heterocycles. The lowest BCUT2D eigenvalue weighted by atomic mass is 10.1. The highest BCUT2D eigenvalue weighted by Gasteiger charge is 2.36. The largest absolute Gasteiger partial charge is 0.479 e. The van der Waals surface area contributed by atoms with Crippen LogP contribution in [-0.4, -0.2) is 42.3 Å². The third-order valence-corrected chi connectivity index (χ3v) is 4.87. The summed E-state index contributed by atoms with van der Waals surface area (Å²) < 4.78 is 44.5. The summed E-state index contributed by atoms with van der Waals surface area (Å²) in [7, 11) is 0. The van der Waals surface area contributed by atoms with Gasteiger partial charge in [-0.3, -0.25) is 4.79 Å². The predicted molar refractivity (Wildman–Crippen MR) is 91.7 cm³/mol. The monoisotopic (exact) mass is 386 g/mol. The van der Waals surface area contributed by atoms with Crippen molar-refractivity contribution in [3.63, 3.8) is 0 Å². The van der Waals surface area contributed by atoms with Gasteiger partial charge in [0, 0.05) is 13.1 Å². The van der Waals surface area contributed by atoms with Gasteiger partial charge in [0.2, 0.25) is 0 Å². The van der Waals surface area contributed by atoms with E-state index >= 15 is 0 Å². The quantitative estimate of drug-likeness (QED) is 0.830. The van der Waals surface area contributed by atoms with Crippen molar-refractivity contribution in [2.24, 2.45) is 0 Å². The van der Waals surface area contributed by atoms with Gasteiger partial charge < -0.3 is 20.1 Å². The lowest BCUT2D eigenvalue weighted by Crippen LogP contribution is -2.33. The first-order chi connectivity index (χ1) is 12.8. The summed E-state index contributed by atoms with van der Waals surface area (Å²) in [6.07, 6.45) is -3.26. The minimum Gasteiger partial charge on any atom is -0.479 e. The average molecular weight is 386 g/mol. The Bertz CT molecular complexity index is 717. The molecule has 0 radical (unpaired) electrons. The van der Waals surface area contributed by atoms with Gasteiger partial charge in [-0.2, -0.15) is 13.2 Å². The first-order valence-electron chi connectivity index (χ1n) is 8.91. The van der Waals surface area contributed by atoms with Gasteiger partial charge in [-0.05, 0) is 50.3 Å². The van der Waals surface area contributed by atoms with Crippen LogP contribution in [0.4, 0.5) is 24.5 Å². The molecule has 1 aromatic carbocycles. The van der Waals surface area contributed by atoms with Crippen LogP contribution >= 0.6 is 0 Å². The normalized spacial score (nSPS) is 23.3. The molecule has 0 spiro atoms. The molecule has 1 aromatic rings. The molecule has 0 aliphatic carbocycles. The second kappa shape index (κ2) is 7.75. The van der Waals surface area contributed by atoms with Gasteiger partial charge in [0.1, 0.15) is 6.10 Å². The van der Waals surface area contributed by atoms with Gasteiger partial charge in [0.25, 0.3) is 5.91 Å². The van der Waals surface area contributed by atoms with E-state index < -0.39 is 35.8 Å². The van der Waals surface area contributed by atoms with Crippen molar-refractivity contribution in [3.8, 4) is 0 Å². The zero-order valence-electron chi connectivity index (χ0n) is 14.6. The molecule has 27 heavy (non-hydrogen) atoms. The molecule has 2 atom stereocenters. The second-order valence-corrected chi connectivity index (χ2v) is 6.80. The van der Waals surface area contributed by atoms with Gasteiger partial charge in [-0.1, -0.05) is 0 Å². The van der Waals surface area contributed by atoms with Crippen LogP contribution in [0.2, 0.25) is 0 Å². The Balaban J connectivity index is 1.82. The molecule has 2 fully saturated rings. The zero-order chi connectivity index (χ0) is 19.6. The Morgan fingerprint density at radius 1 is 1.11 bits per heavy atom. The molecule has 148 valence electrons. The average Bonchev–Trinajstić information content (AvgIpc) is 3.12. The van der Waals surface area contributed by atoms with E-state index in [2.05, 4.69) is 5.32 Å². The maximum absolute atomic E-state index is 13.1. The van der Waals surface area contributed by atoms with Crippen molar-refractivity contribution in [2.45, 2.75) is 50.5 Å². The minimum atomic E-state index is -4.53. The molecule has 2 aliphatic rings. The number of anilines is 2. The van der Waals surface area contributed by atoms with E-state index in [9.17, 15) is 22.8 Å². The number of carbonyl (C=O) groups excluding carboxylic acids is 1. The highest BCUT2D eigenvalue weighted by molar-refractivity contribution is 5.97. The number of amides is 1. The Morgan fingerprint density at radius 2 is 1.78 bits per heavy atom. The van der Waals surface area contributed by atoms with Crippen LogP contribution < -0.4 is 10.2 Å². The van der Waals surface area contributed by atoms with E-state index in [-0.39, 0.29) is 18.5 Å². The fourth-order valence-corrected chi connectivity index (χ4v) is 3.45. The molecule has 9 heteroatoms. The number of carbonyl (C=O) groups is 2. The molecular weight excluding hydrogens is 365 g/mol. The van der Waals surface area contributed by atoms with E-state index in [1.807, 2.05) is 4.90 Å². The molecule has 2 N–H and O–H groups in total. The number of hydrogen-bond donors (Lipinski definition) is 2. The molecule has 0 unspecified atom stereocenters. The molecule has 0 saturated carbocycles. The van der Waals surface area contributed by atoms with Gasteiger partial charge >= 0.3 is 12.1 Å². The van der Waals surface area contributed by atoms with Crippen molar-refractivity contribution >= 4 is 23.3 Å². The standard InChI is InChI=1S/C18H21F3N2O4/c19-18(20,21)11-4-5-13(23-8-2-1-3-9-23)12(10-11)22-16(24)14-6-7-15(27-14)17(25)26/h4-5,10,14-15H,1-3,6-9H2,(H,22,24)(H,25,26)/t14-,15+/m0/s1. The van der Waals surface area contributed by atoms with Crippen LogP contribution in [0, 0.1) is 0 Å². The van der Waals surface area contributed by atoms with E-state index in [0.717, 1.165) is 31.4 Å². The van der Waals surface area contributed by atoms with Gasteiger partial charge in [0.15, 0.2) is 6.10 Å². The summed E-state index contributed by atoms with van der Waals surface area (Å²) in [6.45, 7) is 1.41. The van der Waals surface area contributed by atoms with E-state index in [1.54, 1.807) is 0 Å². The van der Waals surface area contributed by atoms with Crippen LogP contribution in [0.15, 0.2) is 18.2 Å². The molecule has 2 aliphatic heterocycles. The SMILES string of the molecule is O=C(Nc1cc(C(F)(F)F)ccc1N1CCCCC1)[C@@H]1CC[C@H](C(=O)O)O1. The second-order valence-electron chi connectivity index (χ2n) is 6.80. The van der Waals surface area contributed by atoms with Gasteiger partial charge in [0.05, 0.1) is 16.9 Å². The summed E-state index contributed by atoms with van der Waals surface area (Å²) in [6, 6.07) is 3.30. The lowest BCUT2D eigenvalue weighted by molar-refractivity contribution is -0.151. The Morgan fingerprint density at radius 3 is 2.37 bits per heavy atom. The fourth-order valence-electron chi connectivity index (χ4n) is 3.45. The third-order valence-electron chi connectivity index (χ3n) is 4.87. The number of alkyl halides is 3. The maximum atomic E-state index is 13.1. The number of rotatable bonds is 4. The summed E-state index contributed by atoms with van der Waals surface area (Å²) in [4.78, 5) is 25.4. The first-order valence-corrected chi connectivity index (χ1v) is 8.91. The Labute approximate surface area is 154 Å². The number of nitrogens with one attached hydrogen (secondary N) is 1. The number of piperidine rings is 1. The van der Waals surface area contributed by atoms with E-state index in [4.69, 9.17) is 9.84 Å². The maximum Gasteiger partial charge on any atom is 0.416 e. The molecule has 1 amide bonds. The van der Waals surface area contributed by atoms with Crippen LogP contribution in [0.1, 0.15) is 37.7 Å². The number of hydrogen-bond acceptors (Lipinski definition) is 4. The van der Waals surface area contributed by atoms with Crippen molar-refractivity contribution < 1.29 is 32.6 Å². The fraction of sp³-hybridized carbons (Fsp3) is 0.556. The van der Waals surface area contributed by atoms with Crippen molar-refractivity contribution in [1.29, 1.82) is 0 Å². The summed E-state index contributed by atoms with van der Waals surface area (Å²) >= 11 is 0. The molecule has 0 bridgehead atoms. The predicted octanol–water partition coefficient (Wildman–Crippen LogP) is 3.27. The van der Waals surface area contributed by atoms with Crippen LogP contribution in [0.25, 0.3) is 0 Å². The first kappa shape index (κ1) is 19.5. The molecule has 2 saturated heterocycles. The van der Waals surface area contributed by atoms with E-state index in [0.29, 0.717) is 18.8 Å². The molecular formula is C18H21F3N2O4. The topological polar surface area (TPSA) is 78.9 Å². The highest BCUT2D eigenvalue weighted by Crippen LogP contribution is 2.36.